The molecular formula is C18H12N4O5S. The molecule has 0 saturated heterocycles. The fourth-order valence-corrected chi connectivity index (χ4v) is 3.67. The molecule has 9 nitrogen and oxygen atoms in total. The van der Waals surface area contributed by atoms with Gasteiger partial charge in [-0.25, -0.2) is 4.98 Å². The number of hydrogen-bond donors (Lipinski definition) is 1. The first-order valence-corrected chi connectivity index (χ1v) is 8.84. The highest BCUT2D eigenvalue weighted by atomic mass is 32.1. The van der Waals surface area contributed by atoms with Gasteiger partial charge in [-0.3, -0.25) is 24.1 Å². The largest absolute Gasteiger partial charge is 0.494 e. The maximum Gasteiger partial charge on any atom is 0.273 e. The van der Waals surface area contributed by atoms with Crippen LogP contribution in [0, 0.1) is 10.1 Å². The monoisotopic (exact) mass is 396 g/mol. The molecule has 28 heavy (non-hydrogen) atoms. The van der Waals surface area contributed by atoms with Gasteiger partial charge in [0.1, 0.15) is 16.2 Å². The SMILES string of the molecule is COc1cc([N+](=O)[O-])ccc1NC(=O)c1cc2c(=O)n3ccccc3nc2s1. The van der Waals surface area contributed by atoms with Gasteiger partial charge in [0.05, 0.1) is 34.1 Å². The van der Waals surface area contributed by atoms with Crippen molar-refractivity contribution in [3.63, 3.8) is 0 Å². The van der Waals surface area contributed by atoms with Gasteiger partial charge in [-0.05, 0) is 24.3 Å². The number of non-ortho nitro benzene ring substituents is 1. The number of rotatable bonds is 4. The quantitative estimate of drug-likeness (QED) is 0.419. The van der Waals surface area contributed by atoms with Crippen LogP contribution in [0.1, 0.15) is 9.67 Å². The fourth-order valence-electron chi connectivity index (χ4n) is 2.74. The summed E-state index contributed by atoms with van der Waals surface area (Å²) in [5.41, 5.74) is 0.362. The summed E-state index contributed by atoms with van der Waals surface area (Å²) in [5, 5.41) is 13.9. The molecule has 0 bridgehead atoms. The minimum Gasteiger partial charge on any atom is -0.494 e. The first kappa shape index (κ1) is 17.6. The number of nitro groups is 1. The van der Waals surface area contributed by atoms with E-state index >= 15 is 0 Å². The Bertz CT molecular complexity index is 1310. The molecule has 1 amide bonds. The van der Waals surface area contributed by atoms with Crippen LogP contribution in [0.15, 0.2) is 53.5 Å². The van der Waals surface area contributed by atoms with Crippen LogP contribution in [0.5, 0.6) is 5.75 Å². The summed E-state index contributed by atoms with van der Waals surface area (Å²) in [4.78, 5) is 40.7. The van der Waals surface area contributed by atoms with Crippen LogP contribution in [-0.2, 0) is 0 Å². The van der Waals surface area contributed by atoms with E-state index in [1.807, 2.05) is 0 Å². The molecule has 0 radical (unpaired) electrons. The maximum absolute atomic E-state index is 12.6. The summed E-state index contributed by atoms with van der Waals surface area (Å²) in [6.07, 6.45) is 1.61. The van der Waals surface area contributed by atoms with Crippen molar-refractivity contribution >= 4 is 44.5 Å². The van der Waals surface area contributed by atoms with Gasteiger partial charge in [0.2, 0.25) is 0 Å². The number of methoxy groups -OCH3 is 1. The van der Waals surface area contributed by atoms with Gasteiger partial charge < -0.3 is 10.1 Å². The Morgan fingerprint density at radius 1 is 1.29 bits per heavy atom. The number of carbonyl (C=O) groups is 1. The molecule has 0 fully saturated rings. The molecule has 0 saturated carbocycles. The smallest absolute Gasteiger partial charge is 0.273 e. The lowest BCUT2D eigenvalue weighted by Gasteiger charge is -2.09. The number of ether oxygens (including phenoxy) is 1. The summed E-state index contributed by atoms with van der Waals surface area (Å²) >= 11 is 1.09. The Labute approximate surface area is 161 Å². The van der Waals surface area contributed by atoms with Crippen molar-refractivity contribution in [1.82, 2.24) is 9.38 Å². The van der Waals surface area contributed by atoms with Gasteiger partial charge in [-0.15, -0.1) is 11.3 Å². The third kappa shape index (κ3) is 2.95. The topological polar surface area (TPSA) is 116 Å². The molecule has 0 aliphatic rings. The lowest BCUT2D eigenvalue weighted by molar-refractivity contribution is -0.384. The molecule has 10 heteroatoms. The first-order chi connectivity index (χ1) is 13.5. The lowest BCUT2D eigenvalue weighted by Crippen LogP contribution is -2.14. The van der Waals surface area contributed by atoms with Gasteiger partial charge in [0.15, 0.2) is 0 Å². The molecule has 0 aliphatic heterocycles. The molecule has 4 aromatic rings. The van der Waals surface area contributed by atoms with Crippen LogP contribution < -0.4 is 15.6 Å². The zero-order valence-electron chi connectivity index (χ0n) is 14.4. The Morgan fingerprint density at radius 2 is 2.11 bits per heavy atom. The van der Waals surface area contributed by atoms with Crippen molar-refractivity contribution in [1.29, 1.82) is 0 Å². The number of anilines is 1. The highest BCUT2D eigenvalue weighted by Crippen LogP contribution is 2.30. The number of amides is 1. The highest BCUT2D eigenvalue weighted by molar-refractivity contribution is 7.20. The number of benzene rings is 1. The van der Waals surface area contributed by atoms with Crippen molar-refractivity contribution in [3.05, 3.63) is 74.0 Å². The molecule has 0 atom stereocenters. The molecule has 0 spiro atoms. The molecule has 3 heterocycles. The summed E-state index contributed by atoms with van der Waals surface area (Å²) in [5.74, 6) is -0.309. The second-order valence-electron chi connectivity index (χ2n) is 5.77. The number of pyridine rings is 1. The Morgan fingerprint density at radius 3 is 2.86 bits per heavy atom. The molecule has 1 aromatic carbocycles. The minimum absolute atomic E-state index is 0.152. The summed E-state index contributed by atoms with van der Waals surface area (Å²) in [6.45, 7) is 0. The molecule has 140 valence electrons. The number of thiophene rings is 1. The third-order valence-corrected chi connectivity index (χ3v) is 5.11. The maximum atomic E-state index is 12.6. The van der Waals surface area contributed by atoms with Crippen molar-refractivity contribution in [3.8, 4) is 5.75 Å². The zero-order chi connectivity index (χ0) is 19.8. The normalized spacial score (nSPS) is 10.9. The average molecular weight is 396 g/mol. The van der Waals surface area contributed by atoms with E-state index in [9.17, 15) is 19.7 Å². The number of fused-ring (bicyclic) bond motifs is 2. The number of nitrogens with one attached hydrogen (secondary N) is 1. The van der Waals surface area contributed by atoms with Crippen LogP contribution in [0.25, 0.3) is 15.9 Å². The summed E-state index contributed by atoms with van der Waals surface area (Å²) in [6, 6.07) is 10.6. The van der Waals surface area contributed by atoms with Crippen LogP contribution in [0.4, 0.5) is 11.4 Å². The van der Waals surface area contributed by atoms with E-state index in [1.165, 1.54) is 35.8 Å². The lowest BCUT2D eigenvalue weighted by atomic mass is 10.2. The van der Waals surface area contributed by atoms with Crippen LogP contribution in [0.2, 0.25) is 0 Å². The number of aromatic nitrogens is 2. The highest BCUT2D eigenvalue weighted by Gasteiger charge is 2.18. The second-order valence-corrected chi connectivity index (χ2v) is 6.80. The molecule has 3 aromatic heterocycles. The number of nitrogens with zero attached hydrogens (tertiary/aromatic N) is 3. The third-order valence-electron chi connectivity index (χ3n) is 4.08. The number of nitro benzene ring substituents is 1. The van der Waals surface area contributed by atoms with Crippen LogP contribution in [0.3, 0.4) is 0 Å². The van der Waals surface area contributed by atoms with E-state index < -0.39 is 10.8 Å². The zero-order valence-corrected chi connectivity index (χ0v) is 15.2. The van der Waals surface area contributed by atoms with Crippen LogP contribution in [-0.4, -0.2) is 27.3 Å². The van der Waals surface area contributed by atoms with E-state index in [4.69, 9.17) is 4.74 Å². The van der Waals surface area contributed by atoms with E-state index in [2.05, 4.69) is 10.3 Å². The Hall–Kier alpha value is -3.79. The summed E-state index contributed by atoms with van der Waals surface area (Å²) in [7, 11) is 1.35. The van der Waals surface area contributed by atoms with E-state index in [-0.39, 0.29) is 27.6 Å². The van der Waals surface area contributed by atoms with Crippen molar-refractivity contribution in [2.75, 3.05) is 12.4 Å². The molecular weight excluding hydrogens is 384 g/mol. The second kappa shape index (κ2) is 6.74. The van der Waals surface area contributed by atoms with Gasteiger partial charge in [0.25, 0.3) is 17.2 Å². The van der Waals surface area contributed by atoms with Crippen molar-refractivity contribution in [2.45, 2.75) is 0 Å². The van der Waals surface area contributed by atoms with E-state index in [0.29, 0.717) is 15.9 Å². The molecule has 0 aliphatic carbocycles. The van der Waals surface area contributed by atoms with Gasteiger partial charge in [-0.2, -0.15) is 0 Å². The average Bonchev–Trinajstić information content (AvgIpc) is 3.13. The predicted molar refractivity (Wildman–Crippen MR) is 104 cm³/mol. The van der Waals surface area contributed by atoms with Crippen LogP contribution >= 0.6 is 11.3 Å². The minimum atomic E-state index is -0.552. The van der Waals surface area contributed by atoms with Gasteiger partial charge >= 0.3 is 0 Å². The van der Waals surface area contributed by atoms with Crippen molar-refractivity contribution in [2.24, 2.45) is 0 Å². The molecule has 1 N–H and O–H groups in total. The van der Waals surface area contributed by atoms with Gasteiger partial charge in [-0.1, -0.05) is 6.07 Å². The van der Waals surface area contributed by atoms with Crippen molar-refractivity contribution < 1.29 is 14.5 Å². The van der Waals surface area contributed by atoms with Gasteiger partial charge in [0, 0.05) is 12.3 Å². The Kier molecular flexibility index (Phi) is 4.24. The Balaban J connectivity index is 1.72. The molecule has 0 unspecified atom stereocenters. The van der Waals surface area contributed by atoms with E-state index in [0.717, 1.165) is 11.3 Å². The first-order valence-electron chi connectivity index (χ1n) is 8.02. The fraction of sp³-hybridized carbons (Fsp3) is 0.0556. The number of carbonyl (C=O) groups excluding carboxylic acids is 1. The van der Waals surface area contributed by atoms with E-state index in [1.54, 1.807) is 24.4 Å². The predicted octanol–water partition coefficient (Wildman–Crippen LogP) is 3.08. The number of hydrogen-bond acceptors (Lipinski definition) is 7. The molecule has 4 rings (SSSR count). The summed E-state index contributed by atoms with van der Waals surface area (Å²) < 4.78 is 6.53. The standard InChI is InChI=1S/C18H12N4O5S/c1-27-13-8-10(22(25)26)5-6-12(13)19-16(23)14-9-11-17(28-14)20-15-4-2-3-7-21(15)18(11)24/h2-9H,1H3,(H,19,23).